The van der Waals surface area contributed by atoms with E-state index in [1.165, 1.54) is 11.1 Å². The van der Waals surface area contributed by atoms with Gasteiger partial charge in [-0.3, -0.25) is 0 Å². The van der Waals surface area contributed by atoms with Crippen molar-refractivity contribution in [3.63, 3.8) is 0 Å². The topological polar surface area (TPSA) is 21.3 Å². The van der Waals surface area contributed by atoms with E-state index in [4.69, 9.17) is 4.74 Å². The summed E-state index contributed by atoms with van der Waals surface area (Å²) in [5.74, 6) is 1.63. The molecule has 2 rings (SSSR count). The van der Waals surface area contributed by atoms with Crippen LogP contribution in [0.1, 0.15) is 50.8 Å². The van der Waals surface area contributed by atoms with E-state index >= 15 is 0 Å². The summed E-state index contributed by atoms with van der Waals surface area (Å²) >= 11 is 0. The Labute approximate surface area is 98.0 Å². The van der Waals surface area contributed by atoms with Crippen LogP contribution >= 0.6 is 0 Å². The smallest absolute Gasteiger partial charge is 0.127 e. The van der Waals surface area contributed by atoms with Crippen molar-refractivity contribution in [1.82, 2.24) is 5.32 Å². The van der Waals surface area contributed by atoms with Crippen molar-refractivity contribution in [3.8, 4) is 5.75 Å². The van der Waals surface area contributed by atoms with Gasteiger partial charge >= 0.3 is 0 Å². The van der Waals surface area contributed by atoms with Crippen molar-refractivity contribution in [1.29, 1.82) is 0 Å². The van der Waals surface area contributed by atoms with Crippen molar-refractivity contribution in [2.45, 2.75) is 45.7 Å². The highest BCUT2D eigenvalue weighted by Crippen LogP contribution is 2.38. The van der Waals surface area contributed by atoms with Gasteiger partial charge in [-0.25, -0.2) is 0 Å². The molecule has 1 aromatic rings. The lowest BCUT2D eigenvalue weighted by Crippen LogP contribution is -2.28. The fourth-order valence-corrected chi connectivity index (χ4v) is 2.27. The van der Waals surface area contributed by atoms with Gasteiger partial charge in [0.25, 0.3) is 0 Å². The molecule has 1 aliphatic rings. The summed E-state index contributed by atoms with van der Waals surface area (Å²) in [5, 5.41) is 3.54. The lowest BCUT2D eigenvalue weighted by molar-refractivity contribution is 0.300. The fourth-order valence-electron chi connectivity index (χ4n) is 2.27. The van der Waals surface area contributed by atoms with Crippen molar-refractivity contribution in [3.05, 3.63) is 29.3 Å². The SMILES string of the molecule is CC(C)NC1COc2c(C(C)C)cccc21. The maximum atomic E-state index is 5.84. The van der Waals surface area contributed by atoms with E-state index in [-0.39, 0.29) is 0 Å². The monoisotopic (exact) mass is 219 g/mol. The van der Waals surface area contributed by atoms with Crippen LogP contribution in [-0.2, 0) is 0 Å². The molecule has 0 amide bonds. The molecule has 1 unspecified atom stereocenters. The first-order valence-corrected chi connectivity index (χ1v) is 6.11. The minimum absolute atomic E-state index is 0.355. The second kappa shape index (κ2) is 4.46. The summed E-state index contributed by atoms with van der Waals surface area (Å²) in [5.41, 5.74) is 2.64. The molecule has 1 aromatic carbocycles. The van der Waals surface area contributed by atoms with Crippen molar-refractivity contribution in [2.24, 2.45) is 0 Å². The van der Waals surface area contributed by atoms with E-state index in [0.717, 1.165) is 12.4 Å². The zero-order valence-electron chi connectivity index (χ0n) is 10.6. The van der Waals surface area contributed by atoms with Gasteiger partial charge in [-0.2, -0.15) is 0 Å². The summed E-state index contributed by atoms with van der Waals surface area (Å²) < 4.78 is 5.84. The van der Waals surface area contributed by atoms with E-state index in [1.54, 1.807) is 0 Å². The molecule has 0 fully saturated rings. The van der Waals surface area contributed by atoms with Gasteiger partial charge in [0.15, 0.2) is 0 Å². The number of rotatable bonds is 3. The molecule has 0 saturated heterocycles. The molecule has 88 valence electrons. The Balaban J connectivity index is 2.30. The van der Waals surface area contributed by atoms with Crippen LogP contribution in [0.2, 0.25) is 0 Å². The zero-order valence-corrected chi connectivity index (χ0v) is 10.6. The van der Waals surface area contributed by atoms with Crippen molar-refractivity contribution in [2.75, 3.05) is 6.61 Å². The van der Waals surface area contributed by atoms with Crippen LogP contribution in [0, 0.1) is 0 Å². The van der Waals surface area contributed by atoms with Crippen LogP contribution in [0.25, 0.3) is 0 Å². The predicted octanol–water partition coefficient (Wildman–Crippen LogP) is 3.24. The van der Waals surface area contributed by atoms with Crippen LogP contribution in [0.5, 0.6) is 5.75 Å². The molecule has 0 aromatic heterocycles. The molecule has 2 heteroatoms. The third-order valence-electron chi connectivity index (χ3n) is 3.00. The second-order valence-corrected chi connectivity index (χ2v) is 5.11. The largest absolute Gasteiger partial charge is 0.491 e. The Bertz CT molecular complexity index is 371. The number of hydrogen-bond donors (Lipinski definition) is 1. The highest BCUT2D eigenvalue weighted by Gasteiger charge is 2.26. The Morgan fingerprint density at radius 2 is 2.00 bits per heavy atom. The fraction of sp³-hybridized carbons (Fsp3) is 0.571. The number of hydrogen-bond acceptors (Lipinski definition) is 2. The standard InChI is InChI=1S/C14H21NO/c1-9(2)11-6-5-7-12-13(15-10(3)4)8-16-14(11)12/h5-7,9-10,13,15H,8H2,1-4H3. The predicted molar refractivity (Wildman–Crippen MR) is 67.0 cm³/mol. The molecule has 0 saturated carbocycles. The summed E-state index contributed by atoms with van der Waals surface area (Å²) in [4.78, 5) is 0. The number of ether oxygens (including phenoxy) is 1. The highest BCUT2D eigenvalue weighted by molar-refractivity contribution is 5.47. The van der Waals surface area contributed by atoms with E-state index in [9.17, 15) is 0 Å². The lowest BCUT2D eigenvalue weighted by atomic mass is 9.97. The minimum atomic E-state index is 0.355. The van der Waals surface area contributed by atoms with E-state index in [2.05, 4.69) is 51.2 Å². The molecule has 0 radical (unpaired) electrons. The molecule has 2 nitrogen and oxygen atoms in total. The highest BCUT2D eigenvalue weighted by atomic mass is 16.5. The summed E-state index contributed by atoms with van der Waals surface area (Å²) in [6, 6.07) is 7.32. The maximum Gasteiger partial charge on any atom is 0.127 e. The third kappa shape index (κ3) is 2.07. The van der Waals surface area contributed by atoms with Crippen LogP contribution in [-0.4, -0.2) is 12.6 Å². The Kier molecular flexibility index (Phi) is 3.20. The van der Waals surface area contributed by atoms with Gasteiger partial charge in [0.2, 0.25) is 0 Å². The quantitative estimate of drug-likeness (QED) is 0.842. The summed E-state index contributed by atoms with van der Waals surface area (Å²) in [6.07, 6.45) is 0. The lowest BCUT2D eigenvalue weighted by Gasteiger charge is -2.15. The first-order chi connectivity index (χ1) is 7.59. The van der Waals surface area contributed by atoms with Gasteiger partial charge in [0.1, 0.15) is 12.4 Å². The average molecular weight is 219 g/mol. The van der Waals surface area contributed by atoms with Crippen LogP contribution in [0.3, 0.4) is 0 Å². The summed E-state index contributed by atoms with van der Waals surface area (Å²) in [7, 11) is 0. The Morgan fingerprint density at radius 1 is 1.25 bits per heavy atom. The normalized spacial score (nSPS) is 19.0. The second-order valence-electron chi connectivity index (χ2n) is 5.11. The molecule has 0 bridgehead atoms. The molecular formula is C14H21NO. The number of benzene rings is 1. The van der Waals surface area contributed by atoms with Gasteiger partial charge < -0.3 is 10.1 Å². The molecular weight excluding hydrogens is 198 g/mol. The molecule has 1 N–H and O–H groups in total. The van der Waals surface area contributed by atoms with Crippen LogP contribution in [0.15, 0.2) is 18.2 Å². The Hall–Kier alpha value is -1.02. The van der Waals surface area contributed by atoms with Gasteiger partial charge in [0, 0.05) is 11.6 Å². The molecule has 16 heavy (non-hydrogen) atoms. The van der Waals surface area contributed by atoms with Gasteiger partial charge in [-0.15, -0.1) is 0 Å². The third-order valence-corrected chi connectivity index (χ3v) is 3.00. The first kappa shape index (κ1) is 11.5. The van der Waals surface area contributed by atoms with Gasteiger partial charge in [-0.1, -0.05) is 45.9 Å². The van der Waals surface area contributed by atoms with Crippen LogP contribution in [0.4, 0.5) is 0 Å². The van der Waals surface area contributed by atoms with Crippen LogP contribution < -0.4 is 10.1 Å². The first-order valence-electron chi connectivity index (χ1n) is 6.11. The van der Waals surface area contributed by atoms with E-state index in [1.807, 2.05) is 0 Å². The van der Waals surface area contributed by atoms with E-state index in [0.29, 0.717) is 18.0 Å². The number of fused-ring (bicyclic) bond motifs is 1. The maximum absolute atomic E-state index is 5.84. The van der Waals surface area contributed by atoms with Crippen molar-refractivity contribution >= 4 is 0 Å². The molecule has 1 aliphatic heterocycles. The zero-order chi connectivity index (χ0) is 11.7. The average Bonchev–Trinajstić information content (AvgIpc) is 2.60. The number of nitrogens with one attached hydrogen (secondary N) is 1. The number of para-hydroxylation sites is 1. The Morgan fingerprint density at radius 3 is 2.62 bits per heavy atom. The summed E-state index contributed by atoms with van der Waals surface area (Å²) in [6.45, 7) is 9.52. The van der Waals surface area contributed by atoms with E-state index < -0.39 is 0 Å². The van der Waals surface area contributed by atoms with Gasteiger partial charge in [0.05, 0.1) is 6.04 Å². The van der Waals surface area contributed by atoms with Gasteiger partial charge in [-0.05, 0) is 11.5 Å². The molecule has 1 atom stereocenters. The minimum Gasteiger partial charge on any atom is -0.491 e. The molecule has 0 spiro atoms. The molecule has 1 heterocycles. The molecule has 0 aliphatic carbocycles. The van der Waals surface area contributed by atoms with Crippen molar-refractivity contribution < 1.29 is 4.74 Å².